The lowest BCUT2D eigenvalue weighted by Gasteiger charge is -1.98. The van der Waals surface area contributed by atoms with Gasteiger partial charge in [-0.3, -0.25) is 9.98 Å². The Morgan fingerprint density at radius 3 is 3.11 bits per heavy atom. The monoisotopic (exact) mass is 256 g/mol. The first kappa shape index (κ1) is 12.4. The highest BCUT2D eigenvalue weighted by molar-refractivity contribution is 7.09. The number of aliphatic imine (C=N–C) groups is 1. The molecule has 0 bridgehead atoms. The van der Waals surface area contributed by atoms with Crippen LogP contribution >= 0.6 is 11.3 Å². The van der Waals surface area contributed by atoms with E-state index in [1.54, 1.807) is 18.6 Å². The maximum absolute atomic E-state index is 9.10. The molecule has 0 amide bonds. The van der Waals surface area contributed by atoms with E-state index in [0.29, 0.717) is 6.54 Å². The second-order valence-electron chi connectivity index (χ2n) is 3.78. The van der Waals surface area contributed by atoms with Crippen molar-refractivity contribution >= 4 is 17.6 Å². The molecule has 0 radical (unpaired) electrons. The zero-order valence-electron chi connectivity index (χ0n) is 9.95. The average molecular weight is 256 g/mol. The molecule has 2 rings (SSSR count). The highest BCUT2D eigenvalue weighted by atomic mass is 32.1. The Morgan fingerprint density at radius 2 is 2.50 bits per heavy atom. The molecule has 2 aromatic rings. The molecule has 0 aromatic carbocycles. The van der Waals surface area contributed by atoms with Gasteiger partial charge in [0.2, 0.25) is 0 Å². The minimum Gasteiger partial charge on any atom is -0.291 e. The van der Waals surface area contributed by atoms with Crippen molar-refractivity contribution in [2.24, 2.45) is 4.99 Å². The first-order valence-electron chi connectivity index (χ1n) is 5.50. The van der Waals surface area contributed by atoms with Crippen LogP contribution in [0.4, 0.5) is 0 Å². The summed E-state index contributed by atoms with van der Waals surface area (Å²) in [5.74, 6) is -0.361. The zero-order valence-corrected chi connectivity index (χ0v) is 10.8. The van der Waals surface area contributed by atoms with Gasteiger partial charge in [-0.25, -0.2) is 4.98 Å². The van der Waals surface area contributed by atoms with Gasteiger partial charge in [-0.05, 0) is 18.6 Å². The van der Waals surface area contributed by atoms with Crippen molar-refractivity contribution < 1.29 is 0 Å². The molecule has 4 nitrogen and oxygen atoms in total. The van der Waals surface area contributed by atoms with Gasteiger partial charge in [0.1, 0.15) is 10.9 Å². The highest BCUT2D eigenvalue weighted by Gasteiger charge is 2.11. The molecule has 0 unspecified atom stereocenters. The SMILES string of the molecule is Cc1csc([C@H](C#N)C=NCc2cccnc2)n1. The molecule has 5 heteroatoms. The number of rotatable bonds is 4. The van der Waals surface area contributed by atoms with Crippen LogP contribution in [0, 0.1) is 18.3 Å². The van der Waals surface area contributed by atoms with Crippen molar-refractivity contribution in [3.8, 4) is 6.07 Å². The molecular formula is C13H12N4S. The van der Waals surface area contributed by atoms with Crippen molar-refractivity contribution in [2.45, 2.75) is 19.4 Å². The number of pyridine rings is 1. The first-order valence-corrected chi connectivity index (χ1v) is 6.38. The molecule has 18 heavy (non-hydrogen) atoms. The largest absolute Gasteiger partial charge is 0.291 e. The Labute approximate surface area is 110 Å². The smallest absolute Gasteiger partial charge is 0.133 e. The Morgan fingerprint density at radius 1 is 1.61 bits per heavy atom. The van der Waals surface area contributed by atoms with E-state index in [2.05, 4.69) is 21.0 Å². The molecule has 2 aromatic heterocycles. The van der Waals surface area contributed by atoms with Gasteiger partial charge in [0.25, 0.3) is 0 Å². The fraction of sp³-hybridized carbons (Fsp3) is 0.231. The molecule has 0 aliphatic rings. The van der Waals surface area contributed by atoms with Gasteiger partial charge < -0.3 is 0 Å². The molecule has 0 aliphatic heterocycles. The lowest BCUT2D eigenvalue weighted by molar-refractivity contribution is 1.02. The summed E-state index contributed by atoms with van der Waals surface area (Å²) < 4.78 is 0. The average Bonchev–Trinajstić information content (AvgIpc) is 2.82. The molecule has 0 fully saturated rings. The Kier molecular flexibility index (Phi) is 4.15. The van der Waals surface area contributed by atoms with E-state index < -0.39 is 0 Å². The summed E-state index contributed by atoms with van der Waals surface area (Å²) in [5, 5.41) is 11.8. The molecule has 0 N–H and O–H groups in total. The number of thiazole rings is 1. The van der Waals surface area contributed by atoms with Crippen LogP contribution in [0.1, 0.15) is 22.2 Å². The predicted octanol–water partition coefficient (Wildman–Crippen LogP) is 2.72. The summed E-state index contributed by atoms with van der Waals surface area (Å²) in [6, 6.07) is 6.03. The number of hydrogen-bond acceptors (Lipinski definition) is 5. The third-order valence-corrected chi connectivity index (χ3v) is 3.34. The molecule has 0 spiro atoms. The quantitative estimate of drug-likeness (QED) is 0.790. The fourth-order valence-electron chi connectivity index (χ4n) is 1.42. The van der Waals surface area contributed by atoms with E-state index in [1.807, 2.05) is 24.4 Å². The van der Waals surface area contributed by atoms with Crippen LogP contribution in [0.15, 0.2) is 34.9 Å². The van der Waals surface area contributed by atoms with Gasteiger partial charge in [-0.15, -0.1) is 11.3 Å². The Bertz CT molecular complexity index is 568. The van der Waals surface area contributed by atoms with Crippen molar-refractivity contribution in [1.82, 2.24) is 9.97 Å². The second-order valence-corrected chi connectivity index (χ2v) is 4.67. The summed E-state index contributed by atoms with van der Waals surface area (Å²) in [6.45, 7) is 2.46. The lowest BCUT2D eigenvalue weighted by Crippen LogP contribution is -1.97. The van der Waals surface area contributed by atoms with Crippen LogP contribution in [-0.2, 0) is 6.54 Å². The minimum absolute atomic E-state index is 0.361. The van der Waals surface area contributed by atoms with E-state index in [-0.39, 0.29) is 5.92 Å². The molecule has 0 saturated carbocycles. The van der Waals surface area contributed by atoms with Crippen LogP contribution in [0.25, 0.3) is 0 Å². The minimum atomic E-state index is -0.361. The number of aryl methyl sites for hydroxylation is 1. The maximum Gasteiger partial charge on any atom is 0.133 e. The highest BCUT2D eigenvalue weighted by Crippen LogP contribution is 2.18. The Balaban J connectivity index is 2.01. The number of nitrogens with zero attached hydrogens (tertiary/aromatic N) is 4. The van der Waals surface area contributed by atoms with Gasteiger partial charge in [-0.2, -0.15) is 5.26 Å². The topological polar surface area (TPSA) is 61.9 Å². The van der Waals surface area contributed by atoms with Crippen LogP contribution in [0.2, 0.25) is 0 Å². The lowest BCUT2D eigenvalue weighted by atomic mass is 10.2. The van der Waals surface area contributed by atoms with Crippen molar-refractivity contribution in [3.05, 3.63) is 46.2 Å². The van der Waals surface area contributed by atoms with E-state index in [1.165, 1.54) is 11.3 Å². The zero-order chi connectivity index (χ0) is 12.8. The van der Waals surface area contributed by atoms with Crippen molar-refractivity contribution in [2.75, 3.05) is 0 Å². The van der Waals surface area contributed by atoms with E-state index in [9.17, 15) is 0 Å². The van der Waals surface area contributed by atoms with Crippen LogP contribution in [0.3, 0.4) is 0 Å². The van der Waals surface area contributed by atoms with Gasteiger partial charge >= 0.3 is 0 Å². The molecule has 0 aliphatic carbocycles. The molecule has 0 saturated heterocycles. The second kappa shape index (κ2) is 6.03. The summed E-state index contributed by atoms with van der Waals surface area (Å²) in [5.41, 5.74) is 1.97. The Hall–Kier alpha value is -2.06. The third-order valence-electron chi connectivity index (χ3n) is 2.29. The van der Waals surface area contributed by atoms with Gasteiger partial charge in [0.15, 0.2) is 0 Å². The number of hydrogen-bond donors (Lipinski definition) is 0. The van der Waals surface area contributed by atoms with Gasteiger partial charge in [-0.1, -0.05) is 6.07 Å². The number of aromatic nitrogens is 2. The van der Waals surface area contributed by atoms with Crippen LogP contribution in [-0.4, -0.2) is 16.2 Å². The fourth-order valence-corrected chi connectivity index (χ4v) is 2.22. The molecule has 1 atom stereocenters. The number of nitriles is 1. The first-order chi connectivity index (χ1) is 8.79. The van der Waals surface area contributed by atoms with Gasteiger partial charge in [0.05, 0.1) is 12.6 Å². The van der Waals surface area contributed by atoms with Crippen molar-refractivity contribution in [3.63, 3.8) is 0 Å². The van der Waals surface area contributed by atoms with Crippen LogP contribution < -0.4 is 0 Å². The van der Waals surface area contributed by atoms with E-state index in [4.69, 9.17) is 5.26 Å². The standard InChI is InChI=1S/C13H12N4S/c1-10-9-18-13(17-10)12(5-14)8-16-7-11-3-2-4-15-6-11/h2-4,6,8-9,12H,7H2,1H3/t12-/m1/s1. The molecule has 2 heterocycles. The molecule has 90 valence electrons. The molecular weight excluding hydrogens is 244 g/mol. The summed E-state index contributed by atoms with van der Waals surface area (Å²) in [7, 11) is 0. The normalized spacial score (nSPS) is 12.4. The van der Waals surface area contributed by atoms with Crippen molar-refractivity contribution in [1.29, 1.82) is 5.26 Å². The maximum atomic E-state index is 9.10. The van der Waals surface area contributed by atoms with E-state index >= 15 is 0 Å². The van der Waals surface area contributed by atoms with Gasteiger partial charge in [0, 0.05) is 29.7 Å². The predicted molar refractivity (Wildman–Crippen MR) is 71.6 cm³/mol. The summed E-state index contributed by atoms with van der Waals surface area (Å²) >= 11 is 1.49. The third kappa shape index (κ3) is 3.22. The van der Waals surface area contributed by atoms with E-state index in [0.717, 1.165) is 16.3 Å². The van der Waals surface area contributed by atoms with Crippen LogP contribution in [0.5, 0.6) is 0 Å². The summed E-state index contributed by atoms with van der Waals surface area (Å²) in [6.07, 6.45) is 5.15. The summed E-state index contributed by atoms with van der Waals surface area (Å²) in [4.78, 5) is 12.6.